The van der Waals surface area contributed by atoms with Crippen molar-refractivity contribution < 1.29 is 9.59 Å². The molecule has 0 aliphatic carbocycles. The lowest BCUT2D eigenvalue weighted by atomic mass is 10.1. The minimum atomic E-state index is 0.0192. The second-order valence-electron chi connectivity index (χ2n) is 5.36. The highest BCUT2D eigenvalue weighted by molar-refractivity contribution is 5.80. The molecule has 2 amide bonds. The lowest BCUT2D eigenvalue weighted by Gasteiger charge is -2.35. The van der Waals surface area contributed by atoms with E-state index in [0.29, 0.717) is 32.6 Å². The van der Waals surface area contributed by atoms with Crippen molar-refractivity contribution in [2.45, 2.75) is 20.3 Å². The molecule has 0 atom stereocenters. The van der Waals surface area contributed by atoms with E-state index in [-0.39, 0.29) is 17.7 Å². The summed E-state index contributed by atoms with van der Waals surface area (Å²) in [7, 11) is 0. The van der Waals surface area contributed by atoms with E-state index in [4.69, 9.17) is 0 Å². The third kappa shape index (κ3) is 3.56. The van der Waals surface area contributed by atoms with Crippen LogP contribution in [0.4, 0.5) is 0 Å². The molecule has 0 spiro atoms. The third-order valence-electron chi connectivity index (χ3n) is 3.50. The molecule has 2 rings (SSSR count). The Labute approximate surface area is 119 Å². The van der Waals surface area contributed by atoms with E-state index in [1.54, 1.807) is 6.20 Å². The summed E-state index contributed by atoms with van der Waals surface area (Å²) in [4.78, 5) is 31.9. The van der Waals surface area contributed by atoms with Crippen LogP contribution in [0.15, 0.2) is 24.4 Å². The van der Waals surface area contributed by atoms with Gasteiger partial charge in [0.05, 0.1) is 6.42 Å². The summed E-state index contributed by atoms with van der Waals surface area (Å²) in [6.45, 7) is 6.30. The molecular formula is C15H21N3O2. The van der Waals surface area contributed by atoms with Crippen LogP contribution in [0.5, 0.6) is 0 Å². The van der Waals surface area contributed by atoms with Gasteiger partial charge in [0.15, 0.2) is 0 Å². The number of amides is 2. The topological polar surface area (TPSA) is 53.5 Å². The lowest BCUT2D eigenvalue weighted by Crippen LogP contribution is -2.51. The van der Waals surface area contributed by atoms with Gasteiger partial charge in [-0.05, 0) is 12.1 Å². The van der Waals surface area contributed by atoms with Crippen molar-refractivity contribution >= 4 is 11.8 Å². The standard InChI is InChI=1S/C15H21N3O2/c1-12(2)15(20)18-9-7-17(8-10-18)14(19)11-13-5-3-4-6-16-13/h3-6,12H,7-11H2,1-2H3. The van der Waals surface area contributed by atoms with E-state index in [1.807, 2.05) is 41.8 Å². The molecular weight excluding hydrogens is 254 g/mol. The first-order valence-electron chi connectivity index (χ1n) is 7.04. The first-order valence-corrected chi connectivity index (χ1v) is 7.04. The predicted molar refractivity (Wildman–Crippen MR) is 75.9 cm³/mol. The maximum Gasteiger partial charge on any atom is 0.228 e. The Bertz CT molecular complexity index is 465. The zero-order valence-corrected chi connectivity index (χ0v) is 12.1. The smallest absolute Gasteiger partial charge is 0.228 e. The minimum Gasteiger partial charge on any atom is -0.339 e. The normalized spacial score (nSPS) is 15.6. The summed E-state index contributed by atoms with van der Waals surface area (Å²) in [6.07, 6.45) is 2.03. The van der Waals surface area contributed by atoms with Crippen LogP contribution in [0, 0.1) is 5.92 Å². The molecule has 2 heterocycles. The van der Waals surface area contributed by atoms with Crippen LogP contribution in [0.3, 0.4) is 0 Å². The zero-order valence-electron chi connectivity index (χ0n) is 12.1. The fraction of sp³-hybridized carbons (Fsp3) is 0.533. The van der Waals surface area contributed by atoms with Gasteiger partial charge in [-0.2, -0.15) is 0 Å². The second-order valence-corrected chi connectivity index (χ2v) is 5.36. The number of carbonyl (C=O) groups excluding carboxylic acids is 2. The molecule has 1 aromatic heterocycles. The quantitative estimate of drug-likeness (QED) is 0.825. The van der Waals surface area contributed by atoms with Crippen molar-refractivity contribution in [1.29, 1.82) is 0 Å². The number of aromatic nitrogens is 1. The maximum absolute atomic E-state index is 12.2. The van der Waals surface area contributed by atoms with Crippen molar-refractivity contribution in [1.82, 2.24) is 14.8 Å². The largest absolute Gasteiger partial charge is 0.339 e. The van der Waals surface area contributed by atoms with Gasteiger partial charge in [-0.25, -0.2) is 0 Å². The highest BCUT2D eigenvalue weighted by Gasteiger charge is 2.25. The second kappa shape index (κ2) is 6.50. The average molecular weight is 275 g/mol. The Morgan fingerprint density at radius 1 is 1.15 bits per heavy atom. The first kappa shape index (κ1) is 14.5. The Kier molecular flexibility index (Phi) is 4.71. The molecule has 0 bridgehead atoms. The van der Waals surface area contributed by atoms with Crippen LogP contribution in [0.1, 0.15) is 19.5 Å². The van der Waals surface area contributed by atoms with Gasteiger partial charge >= 0.3 is 0 Å². The number of pyridine rings is 1. The van der Waals surface area contributed by atoms with Crippen molar-refractivity contribution in [3.05, 3.63) is 30.1 Å². The van der Waals surface area contributed by atoms with Crippen LogP contribution in [0.2, 0.25) is 0 Å². The maximum atomic E-state index is 12.2. The van der Waals surface area contributed by atoms with Gasteiger partial charge in [0.2, 0.25) is 11.8 Å². The number of hydrogen-bond donors (Lipinski definition) is 0. The van der Waals surface area contributed by atoms with Crippen molar-refractivity contribution in [2.75, 3.05) is 26.2 Å². The molecule has 1 aliphatic heterocycles. The fourth-order valence-corrected chi connectivity index (χ4v) is 2.31. The Morgan fingerprint density at radius 3 is 2.35 bits per heavy atom. The summed E-state index contributed by atoms with van der Waals surface area (Å²) in [5, 5.41) is 0. The molecule has 1 aromatic rings. The zero-order chi connectivity index (χ0) is 14.5. The predicted octanol–water partition coefficient (Wildman–Crippen LogP) is 0.951. The van der Waals surface area contributed by atoms with E-state index in [9.17, 15) is 9.59 Å². The molecule has 0 N–H and O–H groups in total. The highest BCUT2D eigenvalue weighted by Crippen LogP contribution is 2.08. The SMILES string of the molecule is CC(C)C(=O)N1CCN(C(=O)Cc2ccccn2)CC1. The van der Waals surface area contributed by atoms with Gasteiger partial charge in [0.1, 0.15) is 0 Å². The summed E-state index contributed by atoms with van der Waals surface area (Å²) in [5.74, 6) is 0.271. The van der Waals surface area contributed by atoms with Gasteiger partial charge in [0, 0.05) is 44.0 Å². The van der Waals surface area contributed by atoms with Gasteiger partial charge in [-0.15, -0.1) is 0 Å². The van der Waals surface area contributed by atoms with E-state index < -0.39 is 0 Å². The average Bonchev–Trinajstić information content (AvgIpc) is 2.47. The molecule has 5 heteroatoms. The van der Waals surface area contributed by atoms with E-state index in [1.165, 1.54) is 0 Å². The molecule has 1 saturated heterocycles. The van der Waals surface area contributed by atoms with Gasteiger partial charge in [0.25, 0.3) is 0 Å². The molecule has 0 saturated carbocycles. The van der Waals surface area contributed by atoms with Crippen molar-refractivity contribution in [3.8, 4) is 0 Å². The van der Waals surface area contributed by atoms with Gasteiger partial charge in [-0.3, -0.25) is 14.6 Å². The van der Waals surface area contributed by atoms with Crippen LogP contribution in [0.25, 0.3) is 0 Å². The molecule has 108 valence electrons. The fourth-order valence-electron chi connectivity index (χ4n) is 2.31. The number of nitrogens with zero attached hydrogens (tertiary/aromatic N) is 3. The van der Waals surface area contributed by atoms with E-state index in [2.05, 4.69) is 4.98 Å². The van der Waals surface area contributed by atoms with Crippen LogP contribution >= 0.6 is 0 Å². The molecule has 0 unspecified atom stereocenters. The van der Waals surface area contributed by atoms with Crippen molar-refractivity contribution in [2.24, 2.45) is 5.92 Å². The van der Waals surface area contributed by atoms with Crippen LogP contribution in [-0.2, 0) is 16.0 Å². The first-order chi connectivity index (χ1) is 9.58. The molecule has 0 aromatic carbocycles. The molecule has 1 fully saturated rings. The third-order valence-corrected chi connectivity index (χ3v) is 3.50. The molecule has 1 aliphatic rings. The highest BCUT2D eigenvalue weighted by atomic mass is 16.2. The lowest BCUT2D eigenvalue weighted by molar-refractivity contribution is -0.141. The monoisotopic (exact) mass is 275 g/mol. The van der Waals surface area contributed by atoms with E-state index >= 15 is 0 Å². The summed E-state index contributed by atoms with van der Waals surface area (Å²) in [6, 6.07) is 5.58. The Morgan fingerprint density at radius 2 is 1.80 bits per heavy atom. The molecule has 0 radical (unpaired) electrons. The Hall–Kier alpha value is -1.91. The molecule has 20 heavy (non-hydrogen) atoms. The minimum absolute atomic E-state index is 0.0192. The number of carbonyl (C=O) groups is 2. The summed E-state index contributed by atoms with van der Waals surface area (Å²) >= 11 is 0. The Balaban J connectivity index is 1.84. The van der Waals surface area contributed by atoms with Gasteiger partial charge < -0.3 is 9.80 Å². The van der Waals surface area contributed by atoms with Gasteiger partial charge in [-0.1, -0.05) is 19.9 Å². The molecule has 5 nitrogen and oxygen atoms in total. The number of rotatable bonds is 3. The van der Waals surface area contributed by atoms with Crippen LogP contribution in [-0.4, -0.2) is 52.8 Å². The number of piperazine rings is 1. The van der Waals surface area contributed by atoms with E-state index in [0.717, 1.165) is 5.69 Å². The summed E-state index contributed by atoms with van der Waals surface area (Å²) in [5.41, 5.74) is 0.790. The van der Waals surface area contributed by atoms with Crippen molar-refractivity contribution in [3.63, 3.8) is 0 Å². The summed E-state index contributed by atoms with van der Waals surface area (Å²) < 4.78 is 0. The number of hydrogen-bond acceptors (Lipinski definition) is 3. The van der Waals surface area contributed by atoms with Crippen LogP contribution < -0.4 is 0 Å².